The van der Waals surface area contributed by atoms with E-state index in [1.807, 2.05) is 0 Å². The molecule has 130 valence electrons. The molecule has 1 saturated heterocycles. The number of amides is 3. The van der Waals surface area contributed by atoms with Gasteiger partial charge in [-0.1, -0.05) is 12.1 Å². The standard InChI is InChI=1S/C18H17F2N3O2/c1-11(12-2-4-13(19)5-3-12)22-17(24)15-10-14(6-7-16(15)20)23-9-8-21-18(23)25/h2-7,10-11H,8-9H2,1H3,(H,21,25)(H,22,24)/t11-/m0/s1. The van der Waals surface area contributed by atoms with Crippen molar-refractivity contribution < 1.29 is 18.4 Å². The number of carbonyl (C=O) groups excluding carboxylic acids is 2. The minimum Gasteiger partial charge on any atom is -0.345 e. The molecule has 1 atom stereocenters. The number of anilines is 1. The molecule has 0 aliphatic carbocycles. The lowest BCUT2D eigenvalue weighted by Crippen LogP contribution is -2.30. The van der Waals surface area contributed by atoms with Gasteiger partial charge in [0.25, 0.3) is 5.91 Å². The van der Waals surface area contributed by atoms with Gasteiger partial charge in [-0.25, -0.2) is 13.6 Å². The molecule has 1 aliphatic rings. The first-order valence-corrected chi connectivity index (χ1v) is 7.87. The third-order valence-electron chi connectivity index (χ3n) is 4.08. The van der Waals surface area contributed by atoms with Crippen LogP contribution < -0.4 is 15.5 Å². The number of rotatable bonds is 4. The number of hydrogen-bond donors (Lipinski definition) is 2. The summed E-state index contributed by atoms with van der Waals surface area (Å²) < 4.78 is 27.1. The van der Waals surface area contributed by atoms with Gasteiger partial charge >= 0.3 is 6.03 Å². The summed E-state index contributed by atoms with van der Waals surface area (Å²) in [6.45, 7) is 2.68. The Balaban J connectivity index is 1.79. The van der Waals surface area contributed by atoms with Crippen LogP contribution in [0.2, 0.25) is 0 Å². The maximum absolute atomic E-state index is 14.1. The fraction of sp³-hybridized carbons (Fsp3) is 0.222. The van der Waals surface area contributed by atoms with Crippen molar-refractivity contribution in [2.45, 2.75) is 13.0 Å². The first-order valence-electron chi connectivity index (χ1n) is 7.87. The average Bonchev–Trinajstić information content (AvgIpc) is 3.02. The quantitative estimate of drug-likeness (QED) is 0.895. The van der Waals surface area contributed by atoms with Gasteiger partial charge in [0.15, 0.2) is 0 Å². The van der Waals surface area contributed by atoms with E-state index in [1.54, 1.807) is 19.1 Å². The zero-order chi connectivity index (χ0) is 18.0. The van der Waals surface area contributed by atoms with E-state index in [0.717, 1.165) is 0 Å². The normalized spacial score (nSPS) is 15.0. The molecule has 0 saturated carbocycles. The summed E-state index contributed by atoms with van der Waals surface area (Å²) in [5.41, 5.74) is 1.01. The molecule has 2 aromatic rings. The van der Waals surface area contributed by atoms with Crippen molar-refractivity contribution >= 4 is 17.6 Å². The van der Waals surface area contributed by atoms with E-state index in [2.05, 4.69) is 10.6 Å². The van der Waals surface area contributed by atoms with Crippen LogP contribution in [0.3, 0.4) is 0 Å². The fourth-order valence-electron chi connectivity index (χ4n) is 2.68. The minimum absolute atomic E-state index is 0.147. The number of carbonyl (C=O) groups is 2. The van der Waals surface area contributed by atoms with Crippen molar-refractivity contribution in [1.82, 2.24) is 10.6 Å². The molecule has 1 heterocycles. The zero-order valence-corrected chi connectivity index (χ0v) is 13.6. The molecule has 7 heteroatoms. The summed E-state index contributed by atoms with van der Waals surface area (Å²) in [5.74, 6) is -1.65. The molecule has 3 amide bonds. The Labute approximate surface area is 143 Å². The molecule has 3 rings (SSSR count). The number of hydrogen-bond acceptors (Lipinski definition) is 2. The van der Waals surface area contributed by atoms with Gasteiger partial charge in [-0.15, -0.1) is 0 Å². The summed E-state index contributed by atoms with van der Waals surface area (Å²) in [6, 6.07) is 8.98. The zero-order valence-electron chi connectivity index (χ0n) is 13.6. The van der Waals surface area contributed by atoms with Crippen molar-refractivity contribution in [1.29, 1.82) is 0 Å². The molecule has 0 radical (unpaired) electrons. The van der Waals surface area contributed by atoms with E-state index < -0.39 is 17.8 Å². The average molecular weight is 345 g/mol. The highest BCUT2D eigenvalue weighted by Gasteiger charge is 2.23. The third-order valence-corrected chi connectivity index (χ3v) is 4.08. The number of benzene rings is 2. The summed E-state index contributed by atoms with van der Waals surface area (Å²) in [4.78, 5) is 25.6. The van der Waals surface area contributed by atoms with Gasteiger partial charge in [0.05, 0.1) is 11.6 Å². The largest absolute Gasteiger partial charge is 0.345 e. The number of nitrogens with one attached hydrogen (secondary N) is 2. The van der Waals surface area contributed by atoms with Crippen LogP contribution in [0.15, 0.2) is 42.5 Å². The Morgan fingerprint density at radius 1 is 1.20 bits per heavy atom. The smallest absolute Gasteiger partial charge is 0.321 e. The maximum atomic E-state index is 14.1. The van der Waals surface area contributed by atoms with Gasteiger partial charge in [-0.05, 0) is 42.8 Å². The van der Waals surface area contributed by atoms with Crippen LogP contribution in [0.25, 0.3) is 0 Å². The Kier molecular flexibility index (Phi) is 4.65. The first-order chi connectivity index (χ1) is 12.0. The molecule has 2 aromatic carbocycles. The van der Waals surface area contributed by atoms with E-state index >= 15 is 0 Å². The summed E-state index contributed by atoms with van der Waals surface area (Å²) in [6.07, 6.45) is 0. The van der Waals surface area contributed by atoms with E-state index in [-0.39, 0.29) is 17.4 Å². The maximum Gasteiger partial charge on any atom is 0.321 e. The van der Waals surface area contributed by atoms with Crippen molar-refractivity contribution in [2.24, 2.45) is 0 Å². The lowest BCUT2D eigenvalue weighted by Gasteiger charge is -2.17. The summed E-state index contributed by atoms with van der Waals surface area (Å²) in [5, 5.41) is 5.33. The van der Waals surface area contributed by atoms with E-state index in [0.29, 0.717) is 24.3 Å². The van der Waals surface area contributed by atoms with Crippen molar-refractivity contribution in [2.75, 3.05) is 18.0 Å². The van der Waals surface area contributed by atoms with E-state index in [4.69, 9.17) is 0 Å². The predicted molar refractivity (Wildman–Crippen MR) is 89.4 cm³/mol. The molecule has 2 N–H and O–H groups in total. The summed E-state index contributed by atoms with van der Waals surface area (Å²) >= 11 is 0. The fourth-order valence-corrected chi connectivity index (χ4v) is 2.68. The number of halogens is 2. The monoisotopic (exact) mass is 345 g/mol. The second-order valence-electron chi connectivity index (χ2n) is 5.79. The Hall–Kier alpha value is -2.96. The predicted octanol–water partition coefficient (Wildman–Crippen LogP) is 2.99. The minimum atomic E-state index is -0.674. The second kappa shape index (κ2) is 6.88. The lowest BCUT2D eigenvalue weighted by atomic mass is 10.1. The summed E-state index contributed by atoms with van der Waals surface area (Å²) in [7, 11) is 0. The van der Waals surface area contributed by atoms with Crippen LogP contribution in [0, 0.1) is 11.6 Å². The number of nitrogens with zero attached hydrogens (tertiary/aromatic N) is 1. The van der Waals surface area contributed by atoms with Crippen molar-refractivity contribution in [3.8, 4) is 0 Å². The van der Waals surface area contributed by atoms with Gasteiger partial charge in [-0.3, -0.25) is 9.69 Å². The Morgan fingerprint density at radius 3 is 2.56 bits per heavy atom. The SMILES string of the molecule is C[C@H](NC(=O)c1cc(N2CCNC2=O)ccc1F)c1ccc(F)cc1. The van der Waals surface area contributed by atoms with Crippen LogP contribution in [-0.4, -0.2) is 25.0 Å². The van der Waals surface area contributed by atoms with Crippen LogP contribution in [0.4, 0.5) is 19.3 Å². The molecule has 25 heavy (non-hydrogen) atoms. The molecule has 0 aromatic heterocycles. The van der Waals surface area contributed by atoms with Crippen LogP contribution >= 0.6 is 0 Å². The van der Waals surface area contributed by atoms with Crippen LogP contribution in [0.1, 0.15) is 28.9 Å². The highest BCUT2D eigenvalue weighted by molar-refractivity contribution is 5.98. The molecule has 1 aliphatic heterocycles. The molecule has 0 spiro atoms. The Bertz CT molecular complexity index is 808. The molecule has 5 nitrogen and oxygen atoms in total. The van der Waals surface area contributed by atoms with E-state index in [1.165, 1.54) is 35.2 Å². The third kappa shape index (κ3) is 3.60. The molecular formula is C18H17F2N3O2. The van der Waals surface area contributed by atoms with Crippen LogP contribution in [0.5, 0.6) is 0 Å². The van der Waals surface area contributed by atoms with Gasteiger partial charge in [0.2, 0.25) is 0 Å². The van der Waals surface area contributed by atoms with Gasteiger partial charge in [-0.2, -0.15) is 0 Å². The first kappa shape index (κ1) is 16.9. The molecule has 1 fully saturated rings. The van der Waals surface area contributed by atoms with Crippen molar-refractivity contribution in [3.63, 3.8) is 0 Å². The van der Waals surface area contributed by atoms with Gasteiger partial charge < -0.3 is 10.6 Å². The van der Waals surface area contributed by atoms with Crippen molar-refractivity contribution in [3.05, 3.63) is 65.2 Å². The number of urea groups is 1. The van der Waals surface area contributed by atoms with Crippen LogP contribution in [-0.2, 0) is 0 Å². The lowest BCUT2D eigenvalue weighted by molar-refractivity contribution is 0.0936. The molecule has 0 bridgehead atoms. The highest BCUT2D eigenvalue weighted by Crippen LogP contribution is 2.21. The van der Waals surface area contributed by atoms with E-state index in [9.17, 15) is 18.4 Å². The van der Waals surface area contributed by atoms with Gasteiger partial charge in [0, 0.05) is 18.8 Å². The molecule has 0 unspecified atom stereocenters. The highest BCUT2D eigenvalue weighted by atomic mass is 19.1. The topological polar surface area (TPSA) is 61.4 Å². The van der Waals surface area contributed by atoms with Gasteiger partial charge in [0.1, 0.15) is 11.6 Å². The molecular weight excluding hydrogens is 328 g/mol. The second-order valence-corrected chi connectivity index (χ2v) is 5.79. The Morgan fingerprint density at radius 2 is 1.92 bits per heavy atom.